The first-order chi connectivity index (χ1) is 4.18. The molecule has 54 valence electrons. The van der Waals surface area contributed by atoms with Crippen LogP contribution in [0.1, 0.15) is 13.8 Å². The van der Waals surface area contributed by atoms with Gasteiger partial charge in [-0.05, 0) is 6.92 Å². The van der Waals surface area contributed by atoms with Crippen LogP contribution in [-0.4, -0.2) is 17.9 Å². The van der Waals surface area contributed by atoms with Crippen molar-refractivity contribution in [1.82, 2.24) is 5.43 Å². The van der Waals surface area contributed by atoms with Crippen LogP contribution in [0.4, 0.5) is 0 Å². The average Bonchev–Trinajstić information content (AvgIpc) is 1.82. The van der Waals surface area contributed by atoms with E-state index in [-0.39, 0.29) is 0 Å². The van der Waals surface area contributed by atoms with Gasteiger partial charge in [-0.3, -0.25) is 5.43 Å². The van der Waals surface area contributed by atoms with Crippen molar-refractivity contribution in [2.75, 3.05) is 7.05 Å². The van der Waals surface area contributed by atoms with Gasteiger partial charge in [0.05, 0.1) is 13.1 Å². The fraction of sp³-hybridized carbons (Fsp3) is 1.00. The molecule has 9 heavy (non-hydrogen) atoms. The number of nitrogens with one attached hydrogen (secondary N) is 1. The van der Waals surface area contributed by atoms with E-state index in [0.717, 1.165) is 0 Å². The van der Waals surface area contributed by atoms with Crippen LogP contribution < -0.4 is 5.43 Å². The van der Waals surface area contributed by atoms with Crippen molar-refractivity contribution in [3.8, 4) is 0 Å². The minimum atomic E-state index is 0.327. The normalized spacial score (nSPS) is 17.8. The first-order valence-electron chi connectivity index (χ1n) is 2.87. The Morgan fingerprint density at radius 3 is 2.33 bits per heavy atom. The number of rotatable bonds is 3. The summed E-state index contributed by atoms with van der Waals surface area (Å²) in [4.78, 5) is 0.419. The van der Waals surface area contributed by atoms with Gasteiger partial charge in [0, 0.05) is 4.83 Å². The van der Waals surface area contributed by atoms with Crippen LogP contribution in [0.25, 0.3) is 0 Å². The summed E-state index contributed by atoms with van der Waals surface area (Å²) in [5.41, 5.74) is 2.84. The number of alkyl halides is 1. The lowest BCUT2D eigenvalue weighted by atomic mass is 10.3. The molecule has 0 aromatic carbocycles. The molecule has 0 aromatic rings. The van der Waals surface area contributed by atoms with Crippen LogP contribution in [0, 0.1) is 0 Å². The van der Waals surface area contributed by atoms with Crippen molar-refractivity contribution in [1.29, 1.82) is 0 Å². The van der Waals surface area contributed by atoms with E-state index in [2.05, 4.69) is 38.6 Å². The zero-order chi connectivity index (χ0) is 7.28. The predicted molar refractivity (Wildman–Crippen MR) is 41.8 cm³/mol. The maximum Gasteiger partial charge on any atom is 0.0551 e. The van der Waals surface area contributed by atoms with Crippen LogP contribution in [0.15, 0.2) is 10.3 Å². The summed E-state index contributed by atoms with van der Waals surface area (Å²) < 4.78 is 0. The standard InChI is InChI=1S/C5H12BrN3/c1-4(6)5(2)8-9-7-3/h4-5H,1-3H3,(H,7,8)/t4-,5?/m0/s1. The van der Waals surface area contributed by atoms with Gasteiger partial charge in [0.2, 0.25) is 0 Å². The van der Waals surface area contributed by atoms with Crippen molar-refractivity contribution < 1.29 is 0 Å². The van der Waals surface area contributed by atoms with Crippen LogP contribution in [0.2, 0.25) is 0 Å². The Morgan fingerprint density at radius 2 is 2.00 bits per heavy atom. The van der Waals surface area contributed by atoms with Crippen molar-refractivity contribution in [3.63, 3.8) is 0 Å². The molecule has 0 bridgehead atoms. The SMILES string of the molecule is CN=NNC(C)[C@H](C)Br. The summed E-state index contributed by atoms with van der Waals surface area (Å²) in [6, 6.07) is 0.327. The number of hydrogen-bond donors (Lipinski definition) is 1. The van der Waals surface area contributed by atoms with E-state index < -0.39 is 0 Å². The lowest BCUT2D eigenvalue weighted by molar-refractivity contribution is 0.548. The highest BCUT2D eigenvalue weighted by Gasteiger charge is 2.04. The van der Waals surface area contributed by atoms with E-state index in [1.165, 1.54) is 0 Å². The number of halogens is 1. The molecular weight excluding hydrogens is 182 g/mol. The van der Waals surface area contributed by atoms with Crippen LogP contribution in [-0.2, 0) is 0 Å². The highest BCUT2D eigenvalue weighted by atomic mass is 79.9. The van der Waals surface area contributed by atoms with E-state index in [0.29, 0.717) is 10.9 Å². The van der Waals surface area contributed by atoms with Gasteiger partial charge in [0.15, 0.2) is 0 Å². The van der Waals surface area contributed by atoms with Crippen LogP contribution in [0.5, 0.6) is 0 Å². The predicted octanol–water partition coefficient (Wildman–Crippen LogP) is 1.74. The molecule has 0 amide bonds. The van der Waals surface area contributed by atoms with Gasteiger partial charge in [-0.25, -0.2) is 0 Å². The Bertz CT molecular complexity index is 92.2. The highest BCUT2D eigenvalue weighted by molar-refractivity contribution is 9.09. The van der Waals surface area contributed by atoms with Gasteiger partial charge in [-0.2, -0.15) is 5.11 Å². The second-order valence-electron chi connectivity index (χ2n) is 1.90. The van der Waals surface area contributed by atoms with Gasteiger partial charge >= 0.3 is 0 Å². The molecule has 0 radical (unpaired) electrons. The fourth-order valence-electron chi connectivity index (χ4n) is 0.252. The topological polar surface area (TPSA) is 36.8 Å². The molecule has 0 aliphatic carbocycles. The Hall–Kier alpha value is -0.120. The average molecular weight is 194 g/mol. The zero-order valence-electron chi connectivity index (χ0n) is 5.93. The van der Waals surface area contributed by atoms with Crippen molar-refractivity contribution >= 4 is 15.9 Å². The minimum Gasteiger partial charge on any atom is -0.288 e. The monoisotopic (exact) mass is 193 g/mol. The molecule has 0 aromatic heterocycles. The molecule has 0 aliphatic rings. The van der Waals surface area contributed by atoms with Gasteiger partial charge in [0.1, 0.15) is 0 Å². The molecule has 0 heterocycles. The molecule has 0 fully saturated rings. The quantitative estimate of drug-likeness (QED) is 0.414. The first-order valence-corrected chi connectivity index (χ1v) is 3.78. The fourth-order valence-corrected chi connectivity index (χ4v) is 0.370. The zero-order valence-corrected chi connectivity index (χ0v) is 7.51. The Balaban J connectivity index is 3.38. The molecular formula is C5H12BrN3. The molecule has 0 aliphatic heterocycles. The summed E-state index contributed by atoms with van der Waals surface area (Å²) in [7, 11) is 1.64. The van der Waals surface area contributed by atoms with Crippen molar-refractivity contribution in [3.05, 3.63) is 0 Å². The molecule has 2 atom stereocenters. The largest absolute Gasteiger partial charge is 0.288 e. The van der Waals surface area contributed by atoms with Crippen LogP contribution in [0.3, 0.4) is 0 Å². The van der Waals surface area contributed by atoms with E-state index in [1.807, 2.05) is 6.92 Å². The maximum absolute atomic E-state index is 3.64. The Kier molecular flexibility index (Phi) is 4.67. The molecule has 4 heteroatoms. The third kappa shape index (κ3) is 4.39. The molecule has 0 saturated heterocycles. The molecule has 0 saturated carbocycles. The van der Waals surface area contributed by atoms with Gasteiger partial charge in [-0.15, -0.1) is 0 Å². The second kappa shape index (κ2) is 4.73. The highest BCUT2D eigenvalue weighted by Crippen LogP contribution is 2.02. The lowest BCUT2D eigenvalue weighted by Crippen LogP contribution is -2.27. The third-order valence-electron chi connectivity index (χ3n) is 1.05. The minimum absolute atomic E-state index is 0.327. The van der Waals surface area contributed by atoms with E-state index in [1.54, 1.807) is 7.05 Å². The van der Waals surface area contributed by atoms with Crippen molar-refractivity contribution in [2.24, 2.45) is 10.3 Å². The third-order valence-corrected chi connectivity index (χ3v) is 1.84. The van der Waals surface area contributed by atoms with Gasteiger partial charge in [-0.1, -0.05) is 28.1 Å². The molecule has 1 N–H and O–H groups in total. The summed E-state index contributed by atoms with van der Waals surface area (Å²) in [5.74, 6) is 0. The summed E-state index contributed by atoms with van der Waals surface area (Å²) in [5, 5.41) is 7.19. The Morgan fingerprint density at radius 1 is 1.44 bits per heavy atom. The van der Waals surface area contributed by atoms with Gasteiger partial charge in [0.25, 0.3) is 0 Å². The van der Waals surface area contributed by atoms with E-state index in [4.69, 9.17) is 0 Å². The first kappa shape index (κ1) is 8.88. The summed E-state index contributed by atoms with van der Waals surface area (Å²) in [6.45, 7) is 4.09. The second-order valence-corrected chi connectivity index (χ2v) is 3.34. The Labute approximate surface area is 64.0 Å². The summed E-state index contributed by atoms with van der Waals surface area (Å²) >= 11 is 3.41. The van der Waals surface area contributed by atoms with E-state index >= 15 is 0 Å². The molecule has 3 nitrogen and oxygen atoms in total. The van der Waals surface area contributed by atoms with Gasteiger partial charge < -0.3 is 0 Å². The summed E-state index contributed by atoms with van der Waals surface area (Å²) in [6.07, 6.45) is 0. The molecule has 0 spiro atoms. The maximum atomic E-state index is 3.64. The molecule has 0 rings (SSSR count). The number of nitrogens with zero attached hydrogens (tertiary/aromatic N) is 2. The van der Waals surface area contributed by atoms with Crippen LogP contribution >= 0.6 is 15.9 Å². The smallest absolute Gasteiger partial charge is 0.0551 e. The van der Waals surface area contributed by atoms with Crippen molar-refractivity contribution in [2.45, 2.75) is 24.7 Å². The molecule has 1 unspecified atom stereocenters. The number of hydrogen-bond acceptors (Lipinski definition) is 2. The lowest BCUT2D eigenvalue weighted by Gasteiger charge is -2.11. The van der Waals surface area contributed by atoms with E-state index in [9.17, 15) is 0 Å².